The van der Waals surface area contributed by atoms with Crippen LogP contribution in [0.4, 0.5) is 19.0 Å². The first kappa shape index (κ1) is 23.3. The van der Waals surface area contributed by atoms with E-state index in [9.17, 15) is 18.3 Å². The zero-order valence-electron chi connectivity index (χ0n) is 18.3. The van der Waals surface area contributed by atoms with Gasteiger partial charge in [0.1, 0.15) is 17.3 Å². The summed E-state index contributed by atoms with van der Waals surface area (Å²) in [5.41, 5.74) is 7.58. The van der Waals surface area contributed by atoms with E-state index in [0.29, 0.717) is 23.4 Å². The number of rotatable bonds is 7. The normalized spacial score (nSPS) is 12.5. The molecule has 0 saturated carbocycles. The van der Waals surface area contributed by atoms with Crippen LogP contribution in [0.15, 0.2) is 66.7 Å². The molecule has 0 aliphatic heterocycles. The van der Waals surface area contributed by atoms with Gasteiger partial charge in [-0.2, -0.15) is 0 Å². The highest BCUT2D eigenvalue weighted by Gasteiger charge is 2.32. The topological polar surface area (TPSA) is 93.3 Å². The van der Waals surface area contributed by atoms with E-state index >= 15 is 0 Å². The number of hydrogen-bond donors (Lipinski definition) is 3. The molecule has 9 heteroatoms. The fourth-order valence-corrected chi connectivity index (χ4v) is 3.51. The molecule has 3 aromatic carbocycles. The predicted molar refractivity (Wildman–Crippen MR) is 126 cm³/mol. The summed E-state index contributed by atoms with van der Waals surface area (Å²) in [6, 6.07) is 17.6. The minimum atomic E-state index is -4.84. The maximum atomic E-state index is 12.9. The molecule has 0 spiro atoms. The van der Waals surface area contributed by atoms with Crippen LogP contribution in [-0.2, 0) is 0 Å². The Bertz CT molecular complexity index is 1310. The zero-order chi connectivity index (χ0) is 24.3. The lowest BCUT2D eigenvalue weighted by atomic mass is 10.0. The van der Waals surface area contributed by atoms with Gasteiger partial charge in [0.05, 0.1) is 11.1 Å². The van der Waals surface area contributed by atoms with Crippen LogP contribution in [-0.4, -0.2) is 34.0 Å². The second kappa shape index (κ2) is 9.56. The third-order valence-corrected chi connectivity index (χ3v) is 5.32. The Morgan fingerprint density at radius 3 is 2.50 bits per heavy atom. The number of hydrogen-bond acceptors (Lipinski definition) is 6. The number of nitrogens with two attached hydrogens (primary N) is 1. The van der Waals surface area contributed by atoms with Gasteiger partial charge in [0.15, 0.2) is 5.82 Å². The monoisotopic (exact) mass is 468 g/mol. The summed E-state index contributed by atoms with van der Waals surface area (Å²) >= 11 is 0. The number of phenols is 1. The average molecular weight is 468 g/mol. The molecule has 4 N–H and O–H groups in total. The number of phenolic OH excluding ortho intramolecular Hbond substituents is 1. The van der Waals surface area contributed by atoms with Crippen LogP contribution < -0.4 is 15.8 Å². The van der Waals surface area contributed by atoms with Crippen molar-refractivity contribution >= 4 is 16.7 Å². The van der Waals surface area contributed by atoms with Crippen LogP contribution in [0, 0.1) is 0 Å². The first-order chi connectivity index (χ1) is 16.2. The molecular weight excluding hydrogens is 445 g/mol. The zero-order valence-corrected chi connectivity index (χ0v) is 18.3. The van der Waals surface area contributed by atoms with Crippen molar-refractivity contribution in [2.24, 2.45) is 5.73 Å². The van der Waals surface area contributed by atoms with Crippen molar-refractivity contribution in [1.29, 1.82) is 0 Å². The van der Waals surface area contributed by atoms with Crippen LogP contribution in [0.25, 0.3) is 33.4 Å². The number of benzene rings is 3. The van der Waals surface area contributed by atoms with E-state index in [0.717, 1.165) is 11.8 Å². The second-order valence-electron chi connectivity index (χ2n) is 7.74. The van der Waals surface area contributed by atoms with Crippen LogP contribution in [0.2, 0.25) is 0 Å². The summed E-state index contributed by atoms with van der Waals surface area (Å²) in [6.07, 6.45) is -4.05. The summed E-state index contributed by atoms with van der Waals surface area (Å²) in [6.45, 7) is 2.48. The number of anilines is 1. The SMILES string of the molecule is CC[C@@H](N)CNc1nc(-c2cc(-c3ccccc3OC(F)(F)F)ccc2O)nc2ccccc12. The third-order valence-electron chi connectivity index (χ3n) is 5.32. The van der Waals surface area contributed by atoms with E-state index in [2.05, 4.69) is 20.0 Å². The van der Waals surface area contributed by atoms with Crippen LogP contribution in [0.1, 0.15) is 13.3 Å². The Morgan fingerprint density at radius 1 is 1.00 bits per heavy atom. The Labute approximate surface area is 194 Å². The standard InChI is InChI=1S/C25H23F3N4O2/c1-2-16(29)14-30-23-18-8-3-5-9-20(18)31-24(32-23)19-13-15(11-12-21(19)33)17-7-4-6-10-22(17)34-25(26,27)28/h3-13,16,33H,2,14,29H2,1H3,(H,30,31,32)/t16-/m1/s1. The first-order valence-electron chi connectivity index (χ1n) is 10.7. The molecule has 0 saturated heterocycles. The third kappa shape index (κ3) is 5.20. The van der Waals surface area contributed by atoms with Crippen molar-refractivity contribution in [3.8, 4) is 34.0 Å². The number of alkyl halides is 3. The number of fused-ring (bicyclic) bond motifs is 1. The van der Waals surface area contributed by atoms with Crippen molar-refractivity contribution in [1.82, 2.24) is 9.97 Å². The highest BCUT2D eigenvalue weighted by atomic mass is 19.4. The molecule has 1 atom stereocenters. The molecule has 0 unspecified atom stereocenters. The average Bonchev–Trinajstić information content (AvgIpc) is 2.82. The Kier molecular flexibility index (Phi) is 6.56. The van der Waals surface area contributed by atoms with Gasteiger partial charge in [0.2, 0.25) is 0 Å². The van der Waals surface area contributed by atoms with Gasteiger partial charge in [0.25, 0.3) is 0 Å². The van der Waals surface area contributed by atoms with Crippen molar-refractivity contribution < 1.29 is 23.0 Å². The van der Waals surface area contributed by atoms with Crippen molar-refractivity contribution in [2.75, 3.05) is 11.9 Å². The number of para-hydroxylation sites is 2. The van der Waals surface area contributed by atoms with Crippen molar-refractivity contribution in [3.63, 3.8) is 0 Å². The van der Waals surface area contributed by atoms with Gasteiger partial charge in [-0.3, -0.25) is 0 Å². The number of nitrogens with one attached hydrogen (secondary N) is 1. The van der Waals surface area contributed by atoms with Gasteiger partial charge in [-0.05, 0) is 42.3 Å². The van der Waals surface area contributed by atoms with Gasteiger partial charge in [-0.15, -0.1) is 13.2 Å². The van der Waals surface area contributed by atoms with Gasteiger partial charge in [0, 0.05) is 23.5 Å². The minimum Gasteiger partial charge on any atom is -0.507 e. The first-order valence-corrected chi connectivity index (χ1v) is 10.7. The highest BCUT2D eigenvalue weighted by Crippen LogP contribution is 2.38. The van der Waals surface area contributed by atoms with E-state index in [-0.39, 0.29) is 34.5 Å². The summed E-state index contributed by atoms with van der Waals surface area (Å²) < 4.78 is 42.9. The molecular formula is C25H23F3N4O2. The lowest BCUT2D eigenvalue weighted by molar-refractivity contribution is -0.274. The van der Waals surface area contributed by atoms with Gasteiger partial charge in [-0.25, -0.2) is 9.97 Å². The van der Waals surface area contributed by atoms with E-state index in [1.54, 1.807) is 12.1 Å². The Morgan fingerprint density at radius 2 is 1.74 bits per heavy atom. The summed E-state index contributed by atoms with van der Waals surface area (Å²) in [5.74, 6) is 0.321. The molecule has 4 rings (SSSR count). The summed E-state index contributed by atoms with van der Waals surface area (Å²) in [5, 5.41) is 14.6. The molecule has 0 amide bonds. The summed E-state index contributed by atoms with van der Waals surface area (Å²) in [4.78, 5) is 9.18. The van der Waals surface area contributed by atoms with Gasteiger partial charge in [-0.1, -0.05) is 43.3 Å². The van der Waals surface area contributed by atoms with Crippen LogP contribution in [0.3, 0.4) is 0 Å². The minimum absolute atomic E-state index is 0.0703. The maximum Gasteiger partial charge on any atom is 0.573 e. The molecule has 0 bridgehead atoms. The van der Waals surface area contributed by atoms with Crippen molar-refractivity contribution in [2.45, 2.75) is 25.7 Å². The molecule has 0 aliphatic carbocycles. The largest absolute Gasteiger partial charge is 0.573 e. The Balaban J connectivity index is 1.81. The van der Waals surface area contributed by atoms with Gasteiger partial charge >= 0.3 is 6.36 Å². The molecule has 0 fully saturated rings. The molecule has 0 aliphatic rings. The smallest absolute Gasteiger partial charge is 0.507 e. The molecule has 1 heterocycles. The molecule has 176 valence electrons. The molecule has 4 aromatic rings. The van der Waals surface area contributed by atoms with Crippen LogP contribution in [0.5, 0.6) is 11.5 Å². The number of aromatic nitrogens is 2. The number of halogens is 3. The highest BCUT2D eigenvalue weighted by molar-refractivity contribution is 5.91. The second-order valence-corrected chi connectivity index (χ2v) is 7.74. The van der Waals surface area contributed by atoms with Gasteiger partial charge < -0.3 is 20.9 Å². The van der Waals surface area contributed by atoms with Crippen molar-refractivity contribution in [3.05, 3.63) is 66.7 Å². The number of aromatic hydroxyl groups is 1. The lowest BCUT2D eigenvalue weighted by Crippen LogP contribution is -2.28. The summed E-state index contributed by atoms with van der Waals surface area (Å²) in [7, 11) is 0. The fraction of sp³-hybridized carbons (Fsp3) is 0.200. The maximum absolute atomic E-state index is 12.9. The van der Waals surface area contributed by atoms with E-state index in [1.807, 2.05) is 31.2 Å². The van der Waals surface area contributed by atoms with E-state index in [4.69, 9.17) is 5.73 Å². The lowest BCUT2D eigenvalue weighted by Gasteiger charge is -2.16. The molecule has 34 heavy (non-hydrogen) atoms. The van der Waals surface area contributed by atoms with E-state index in [1.165, 1.54) is 30.3 Å². The van der Waals surface area contributed by atoms with E-state index < -0.39 is 6.36 Å². The molecule has 1 aromatic heterocycles. The fourth-order valence-electron chi connectivity index (χ4n) is 3.51. The van der Waals surface area contributed by atoms with Crippen LogP contribution >= 0.6 is 0 Å². The quantitative estimate of drug-likeness (QED) is 0.321. The molecule has 0 radical (unpaired) electrons. The number of nitrogens with zero attached hydrogens (tertiary/aromatic N) is 2. The number of ether oxygens (including phenoxy) is 1. The molecule has 6 nitrogen and oxygen atoms in total. The predicted octanol–water partition coefficient (Wildman–Crippen LogP) is 5.72. The Hall–Kier alpha value is -3.85.